The van der Waals surface area contributed by atoms with Crippen molar-refractivity contribution < 1.29 is 9.59 Å². The van der Waals surface area contributed by atoms with Crippen LogP contribution in [-0.2, 0) is 6.54 Å². The predicted octanol–water partition coefficient (Wildman–Crippen LogP) is 3.79. The molecule has 28 heavy (non-hydrogen) atoms. The van der Waals surface area contributed by atoms with Gasteiger partial charge in [-0.3, -0.25) is 14.0 Å². The SMILES string of the molecule is CCCCN(C)C(=O)c1nc(C(=O)NCc2ccc(Cl)cc2)c2ccccn12. The molecule has 7 heteroatoms. The van der Waals surface area contributed by atoms with Crippen molar-refractivity contribution >= 4 is 28.9 Å². The normalized spacial score (nSPS) is 10.8. The first-order valence-corrected chi connectivity index (χ1v) is 9.64. The Morgan fingerprint density at radius 3 is 2.64 bits per heavy atom. The molecule has 1 aromatic carbocycles. The minimum atomic E-state index is -0.325. The van der Waals surface area contributed by atoms with Gasteiger partial charge in [0.1, 0.15) is 0 Å². The number of amides is 2. The Hall–Kier alpha value is -2.86. The fourth-order valence-corrected chi connectivity index (χ4v) is 3.02. The van der Waals surface area contributed by atoms with Crippen molar-refractivity contribution in [2.75, 3.05) is 13.6 Å². The van der Waals surface area contributed by atoms with Gasteiger partial charge in [0.2, 0.25) is 5.82 Å². The molecule has 3 rings (SSSR count). The van der Waals surface area contributed by atoms with E-state index in [-0.39, 0.29) is 23.3 Å². The Bertz CT molecular complexity index is 982. The summed E-state index contributed by atoms with van der Waals surface area (Å²) in [5.41, 5.74) is 1.77. The van der Waals surface area contributed by atoms with E-state index in [1.165, 1.54) is 0 Å². The minimum absolute atomic E-state index is 0.202. The summed E-state index contributed by atoms with van der Waals surface area (Å²) in [5, 5.41) is 3.50. The van der Waals surface area contributed by atoms with Crippen LogP contribution >= 0.6 is 11.6 Å². The number of imidazole rings is 1. The lowest BCUT2D eigenvalue weighted by Gasteiger charge is -2.15. The van der Waals surface area contributed by atoms with E-state index >= 15 is 0 Å². The van der Waals surface area contributed by atoms with Crippen LogP contribution in [0, 0.1) is 0 Å². The maximum atomic E-state index is 12.8. The van der Waals surface area contributed by atoms with Crippen LogP contribution in [0.4, 0.5) is 0 Å². The first kappa shape index (κ1) is 19.9. The summed E-state index contributed by atoms with van der Waals surface area (Å²) in [6, 6.07) is 12.7. The van der Waals surface area contributed by atoms with Crippen molar-refractivity contribution in [2.24, 2.45) is 0 Å². The second kappa shape index (κ2) is 8.89. The maximum absolute atomic E-state index is 12.8. The topological polar surface area (TPSA) is 66.7 Å². The summed E-state index contributed by atoms with van der Waals surface area (Å²) < 4.78 is 1.67. The molecular formula is C21H23ClN4O2. The molecule has 0 unspecified atom stereocenters. The second-order valence-corrected chi connectivity index (χ2v) is 7.07. The predicted molar refractivity (Wildman–Crippen MR) is 110 cm³/mol. The van der Waals surface area contributed by atoms with Crippen LogP contribution in [0.15, 0.2) is 48.7 Å². The van der Waals surface area contributed by atoms with Crippen molar-refractivity contribution in [3.05, 3.63) is 70.8 Å². The van der Waals surface area contributed by atoms with E-state index in [4.69, 9.17) is 11.6 Å². The lowest BCUT2D eigenvalue weighted by molar-refractivity contribution is 0.0780. The zero-order valence-electron chi connectivity index (χ0n) is 16.0. The fourth-order valence-electron chi connectivity index (χ4n) is 2.89. The number of fused-ring (bicyclic) bond motifs is 1. The molecule has 6 nitrogen and oxygen atoms in total. The van der Waals surface area contributed by atoms with E-state index in [1.807, 2.05) is 24.3 Å². The van der Waals surface area contributed by atoms with Crippen molar-refractivity contribution in [3.8, 4) is 0 Å². The van der Waals surface area contributed by atoms with Crippen molar-refractivity contribution in [1.82, 2.24) is 19.6 Å². The highest BCUT2D eigenvalue weighted by Crippen LogP contribution is 2.15. The zero-order chi connectivity index (χ0) is 20.1. The van der Waals surface area contributed by atoms with Gasteiger partial charge in [0.25, 0.3) is 11.8 Å². The summed E-state index contributed by atoms with van der Waals surface area (Å²) in [5.74, 6) is -0.286. The molecule has 0 aliphatic carbocycles. The van der Waals surface area contributed by atoms with Crippen LogP contribution < -0.4 is 5.32 Å². The van der Waals surface area contributed by atoms with E-state index in [2.05, 4.69) is 17.2 Å². The monoisotopic (exact) mass is 398 g/mol. The summed E-state index contributed by atoms with van der Waals surface area (Å²) in [6.07, 6.45) is 3.66. The Labute approximate surface area is 169 Å². The number of aromatic nitrogens is 2. The molecule has 1 N–H and O–H groups in total. The molecule has 0 aliphatic heterocycles. The molecule has 0 bridgehead atoms. The first-order chi connectivity index (χ1) is 13.5. The number of benzene rings is 1. The number of rotatable bonds is 7. The lowest BCUT2D eigenvalue weighted by Crippen LogP contribution is -2.29. The third-order valence-corrected chi connectivity index (χ3v) is 4.77. The largest absolute Gasteiger partial charge is 0.347 e. The van der Waals surface area contributed by atoms with Gasteiger partial charge in [-0.15, -0.1) is 0 Å². The first-order valence-electron chi connectivity index (χ1n) is 9.26. The highest BCUT2D eigenvalue weighted by molar-refractivity contribution is 6.30. The average Bonchev–Trinajstić information content (AvgIpc) is 3.10. The van der Waals surface area contributed by atoms with Crippen molar-refractivity contribution in [1.29, 1.82) is 0 Å². The van der Waals surface area contributed by atoms with Gasteiger partial charge in [-0.1, -0.05) is 43.1 Å². The highest BCUT2D eigenvalue weighted by atomic mass is 35.5. The molecule has 2 heterocycles. The molecule has 146 valence electrons. The summed E-state index contributed by atoms with van der Waals surface area (Å²) >= 11 is 5.89. The number of carbonyl (C=O) groups is 2. The van der Waals surface area contributed by atoms with Crippen LogP contribution in [0.2, 0.25) is 5.02 Å². The molecule has 2 aromatic heterocycles. The Kier molecular flexibility index (Phi) is 6.31. The Morgan fingerprint density at radius 2 is 1.93 bits per heavy atom. The van der Waals surface area contributed by atoms with E-state index in [0.29, 0.717) is 23.6 Å². The lowest BCUT2D eigenvalue weighted by atomic mass is 10.2. The van der Waals surface area contributed by atoms with Crippen LogP contribution in [0.3, 0.4) is 0 Å². The van der Waals surface area contributed by atoms with Gasteiger partial charge in [-0.2, -0.15) is 0 Å². The number of unbranched alkanes of at least 4 members (excludes halogenated alkanes) is 1. The molecule has 0 fully saturated rings. The van der Waals surface area contributed by atoms with Gasteiger partial charge in [0.05, 0.1) is 5.52 Å². The molecule has 0 aliphatic rings. The van der Waals surface area contributed by atoms with E-state index in [0.717, 1.165) is 18.4 Å². The molecular weight excluding hydrogens is 376 g/mol. The van der Waals surface area contributed by atoms with Crippen molar-refractivity contribution in [2.45, 2.75) is 26.3 Å². The molecule has 0 saturated carbocycles. The molecule has 0 atom stereocenters. The van der Waals surface area contributed by atoms with Gasteiger partial charge >= 0.3 is 0 Å². The Morgan fingerprint density at radius 1 is 1.18 bits per heavy atom. The average molecular weight is 399 g/mol. The second-order valence-electron chi connectivity index (χ2n) is 6.63. The van der Waals surface area contributed by atoms with Gasteiger partial charge in [-0.05, 0) is 36.2 Å². The maximum Gasteiger partial charge on any atom is 0.289 e. The van der Waals surface area contributed by atoms with Gasteiger partial charge in [0, 0.05) is 31.4 Å². The fraction of sp³-hybridized carbons (Fsp3) is 0.286. The summed E-state index contributed by atoms with van der Waals surface area (Å²) in [7, 11) is 1.75. The van der Waals surface area contributed by atoms with Gasteiger partial charge < -0.3 is 10.2 Å². The van der Waals surface area contributed by atoms with Crippen molar-refractivity contribution in [3.63, 3.8) is 0 Å². The standard InChI is InChI=1S/C21H23ClN4O2/c1-3-4-12-25(2)21(28)19-24-18(17-7-5-6-13-26(17)19)20(27)23-14-15-8-10-16(22)11-9-15/h5-11,13H,3-4,12,14H2,1-2H3,(H,23,27). The third kappa shape index (κ3) is 4.34. The van der Waals surface area contributed by atoms with E-state index < -0.39 is 0 Å². The van der Waals surface area contributed by atoms with Crippen LogP contribution in [0.25, 0.3) is 5.52 Å². The smallest absolute Gasteiger partial charge is 0.289 e. The van der Waals surface area contributed by atoms with Gasteiger partial charge in [-0.25, -0.2) is 4.98 Å². The number of hydrogen-bond acceptors (Lipinski definition) is 3. The minimum Gasteiger partial charge on any atom is -0.347 e. The van der Waals surface area contributed by atoms with E-state index in [9.17, 15) is 9.59 Å². The van der Waals surface area contributed by atoms with Crippen LogP contribution in [0.5, 0.6) is 0 Å². The molecule has 0 spiro atoms. The number of nitrogens with one attached hydrogen (secondary N) is 1. The highest BCUT2D eigenvalue weighted by Gasteiger charge is 2.23. The number of hydrogen-bond donors (Lipinski definition) is 1. The van der Waals surface area contributed by atoms with Gasteiger partial charge in [0.15, 0.2) is 5.69 Å². The Balaban J connectivity index is 1.84. The summed E-state index contributed by atoms with van der Waals surface area (Å²) in [6.45, 7) is 3.07. The number of pyridine rings is 1. The number of carbonyl (C=O) groups excluding carboxylic acids is 2. The number of halogens is 1. The number of nitrogens with zero attached hydrogens (tertiary/aromatic N) is 3. The quantitative estimate of drug-likeness (QED) is 0.658. The molecule has 2 amide bonds. The zero-order valence-corrected chi connectivity index (χ0v) is 16.7. The van der Waals surface area contributed by atoms with E-state index in [1.54, 1.807) is 40.7 Å². The molecule has 0 saturated heterocycles. The molecule has 0 radical (unpaired) electrons. The van der Waals surface area contributed by atoms with Crippen LogP contribution in [0.1, 0.15) is 46.4 Å². The molecule has 3 aromatic rings. The summed E-state index contributed by atoms with van der Waals surface area (Å²) in [4.78, 5) is 31.6. The van der Waals surface area contributed by atoms with Crippen LogP contribution in [-0.4, -0.2) is 39.7 Å². The third-order valence-electron chi connectivity index (χ3n) is 4.51.